The van der Waals surface area contributed by atoms with Crippen LogP contribution < -0.4 is 0 Å². The molecule has 2 nitrogen and oxygen atoms in total. The first-order valence-corrected chi connectivity index (χ1v) is 4.84. The summed E-state index contributed by atoms with van der Waals surface area (Å²) in [7, 11) is 0. The fraction of sp³-hybridized carbons (Fsp3) is 0. The first-order valence-electron chi connectivity index (χ1n) is 4.84. The second-order valence-corrected chi connectivity index (χ2v) is 3.44. The molecule has 0 saturated carbocycles. The van der Waals surface area contributed by atoms with Crippen LogP contribution in [0.1, 0.15) is 0 Å². The Morgan fingerprint density at radius 2 is 1.93 bits per heavy atom. The lowest BCUT2D eigenvalue weighted by Crippen LogP contribution is -1.79. The second-order valence-electron chi connectivity index (χ2n) is 3.44. The lowest BCUT2D eigenvalue weighted by Gasteiger charge is -2.01. The maximum Gasteiger partial charge on any atom is 0.0729 e. The van der Waals surface area contributed by atoms with Crippen LogP contribution >= 0.6 is 0 Å². The third-order valence-corrected chi connectivity index (χ3v) is 2.49. The van der Waals surface area contributed by atoms with Crippen LogP contribution in [-0.2, 0) is 0 Å². The number of H-pyrrole nitrogens is 1. The standard InChI is InChI=1S/C13H9N2/c1-2-5-10(6-3-1)12-8-4-7-11-9-14-15-13(11)12/h1-3,5-9H,(H,14,15). The van der Waals surface area contributed by atoms with Gasteiger partial charge >= 0.3 is 0 Å². The normalized spacial score (nSPS) is 10.7. The topological polar surface area (TPSA) is 28.7 Å². The molecule has 3 rings (SSSR count). The van der Waals surface area contributed by atoms with Crippen molar-refractivity contribution < 1.29 is 0 Å². The van der Waals surface area contributed by atoms with Crippen LogP contribution in [0.2, 0.25) is 0 Å². The van der Waals surface area contributed by atoms with E-state index in [1.54, 1.807) is 0 Å². The minimum Gasteiger partial charge on any atom is -0.277 e. The number of aromatic amines is 1. The minimum absolute atomic E-state index is 1.07. The molecule has 2 heteroatoms. The zero-order valence-corrected chi connectivity index (χ0v) is 8.07. The van der Waals surface area contributed by atoms with E-state index >= 15 is 0 Å². The Morgan fingerprint density at radius 3 is 2.80 bits per heavy atom. The average Bonchev–Trinajstić information content (AvgIpc) is 2.78. The second kappa shape index (κ2) is 3.24. The van der Waals surface area contributed by atoms with Gasteiger partial charge in [-0.2, -0.15) is 5.10 Å². The molecule has 0 aliphatic carbocycles. The van der Waals surface area contributed by atoms with Crippen LogP contribution in [0.25, 0.3) is 22.0 Å². The van der Waals surface area contributed by atoms with E-state index in [1.165, 1.54) is 5.56 Å². The lowest BCUT2D eigenvalue weighted by atomic mass is 10.0. The van der Waals surface area contributed by atoms with Gasteiger partial charge in [0.1, 0.15) is 0 Å². The molecule has 0 spiro atoms. The zero-order valence-electron chi connectivity index (χ0n) is 8.07. The molecule has 1 N–H and O–H groups in total. The number of aromatic nitrogens is 2. The maximum atomic E-state index is 4.04. The molecule has 0 unspecified atom stereocenters. The molecular weight excluding hydrogens is 184 g/mol. The highest BCUT2D eigenvalue weighted by molar-refractivity contribution is 5.93. The van der Waals surface area contributed by atoms with Crippen molar-refractivity contribution in [3.8, 4) is 11.1 Å². The van der Waals surface area contributed by atoms with E-state index < -0.39 is 0 Å². The van der Waals surface area contributed by atoms with Gasteiger partial charge in [-0.1, -0.05) is 30.3 Å². The van der Waals surface area contributed by atoms with Crippen molar-refractivity contribution in [1.29, 1.82) is 0 Å². The maximum absolute atomic E-state index is 4.04. The smallest absolute Gasteiger partial charge is 0.0729 e. The fourth-order valence-electron chi connectivity index (χ4n) is 1.75. The molecule has 0 aliphatic heterocycles. The monoisotopic (exact) mass is 193 g/mol. The van der Waals surface area contributed by atoms with Gasteiger partial charge in [-0.15, -0.1) is 0 Å². The molecule has 2 aromatic carbocycles. The largest absolute Gasteiger partial charge is 0.277 e. The highest BCUT2D eigenvalue weighted by Crippen LogP contribution is 2.25. The minimum atomic E-state index is 1.07. The van der Waals surface area contributed by atoms with E-state index in [0.29, 0.717) is 0 Å². The Morgan fingerprint density at radius 1 is 1.07 bits per heavy atom. The third kappa shape index (κ3) is 1.31. The van der Waals surface area contributed by atoms with Crippen molar-refractivity contribution in [2.45, 2.75) is 0 Å². The predicted octanol–water partition coefficient (Wildman–Crippen LogP) is 3.03. The lowest BCUT2D eigenvalue weighted by molar-refractivity contribution is 1.12. The number of hydrogen-bond donors (Lipinski definition) is 1. The SMILES string of the molecule is [c]1cc(-c2ccccc2)c2[nH]ncc2c1. The molecule has 0 aliphatic rings. The molecule has 15 heavy (non-hydrogen) atoms. The highest BCUT2D eigenvalue weighted by Gasteiger charge is 2.03. The van der Waals surface area contributed by atoms with Crippen LogP contribution in [0, 0.1) is 6.07 Å². The number of nitrogens with zero attached hydrogens (tertiary/aromatic N) is 1. The van der Waals surface area contributed by atoms with Crippen LogP contribution in [0.4, 0.5) is 0 Å². The fourth-order valence-corrected chi connectivity index (χ4v) is 1.75. The summed E-state index contributed by atoms with van der Waals surface area (Å²) >= 11 is 0. The summed E-state index contributed by atoms with van der Waals surface area (Å²) in [5, 5.41) is 8.15. The van der Waals surface area contributed by atoms with Crippen molar-refractivity contribution in [3.05, 3.63) is 54.7 Å². The highest BCUT2D eigenvalue weighted by atomic mass is 15.1. The Bertz CT molecular complexity index is 582. The molecule has 0 bridgehead atoms. The van der Waals surface area contributed by atoms with E-state index in [1.807, 2.05) is 36.5 Å². The van der Waals surface area contributed by atoms with Gasteiger partial charge < -0.3 is 0 Å². The van der Waals surface area contributed by atoms with Crippen LogP contribution in [-0.4, -0.2) is 10.2 Å². The van der Waals surface area contributed by atoms with Crippen LogP contribution in [0.5, 0.6) is 0 Å². The number of fused-ring (bicyclic) bond motifs is 1. The summed E-state index contributed by atoms with van der Waals surface area (Å²) in [6.45, 7) is 0. The van der Waals surface area contributed by atoms with Crippen molar-refractivity contribution in [2.75, 3.05) is 0 Å². The van der Waals surface area contributed by atoms with Gasteiger partial charge in [0.05, 0.1) is 11.7 Å². The molecule has 0 atom stereocenters. The summed E-state index contributed by atoms with van der Waals surface area (Å²) in [6.07, 6.45) is 1.82. The van der Waals surface area contributed by atoms with E-state index in [9.17, 15) is 0 Å². The quantitative estimate of drug-likeness (QED) is 0.632. The van der Waals surface area contributed by atoms with E-state index in [2.05, 4.69) is 28.4 Å². The number of rotatable bonds is 1. The van der Waals surface area contributed by atoms with Gasteiger partial charge in [-0.3, -0.25) is 5.10 Å². The molecule has 0 saturated heterocycles. The molecule has 0 fully saturated rings. The molecule has 1 radical (unpaired) electrons. The van der Waals surface area contributed by atoms with Gasteiger partial charge in [-0.25, -0.2) is 0 Å². The van der Waals surface area contributed by atoms with E-state index in [-0.39, 0.29) is 0 Å². The van der Waals surface area contributed by atoms with Crippen LogP contribution in [0.15, 0.2) is 48.7 Å². The first-order chi connectivity index (χ1) is 7.45. The first kappa shape index (κ1) is 8.24. The summed E-state index contributed by atoms with van der Waals surface area (Å²) in [5.74, 6) is 0. The van der Waals surface area contributed by atoms with Gasteiger partial charge in [-0.05, 0) is 23.8 Å². The van der Waals surface area contributed by atoms with Crippen molar-refractivity contribution in [1.82, 2.24) is 10.2 Å². The molecule has 0 amide bonds. The predicted molar refractivity (Wildman–Crippen MR) is 60.4 cm³/mol. The summed E-state index contributed by atoms with van der Waals surface area (Å²) in [5.41, 5.74) is 3.40. The zero-order chi connectivity index (χ0) is 10.1. The molecule has 1 aromatic heterocycles. The Labute approximate surface area is 87.6 Å². The van der Waals surface area contributed by atoms with Gasteiger partial charge in [0.2, 0.25) is 0 Å². The summed E-state index contributed by atoms with van der Waals surface area (Å²) < 4.78 is 0. The van der Waals surface area contributed by atoms with E-state index in [4.69, 9.17) is 0 Å². The van der Waals surface area contributed by atoms with Crippen molar-refractivity contribution in [3.63, 3.8) is 0 Å². The molecule has 1 heterocycles. The van der Waals surface area contributed by atoms with Crippen molar-refractivity contribution in [2.24, 2.45) is 0 Å². The average molecular weight is 193 g/mol. The van der Waals surface area contributed by atoms with E-state index in [0.717, 1.165) is 16.5 Å². The Balaban J connectivity index is 2.31. The number of hydrogen-bond acceptors (Lipinski definition) is 1. The Hall–Kier alpha value is -2.09. The Kier molecular flexibility index (Phi) is 1.78. The van der Waals surface area contributed by atoms with Gasteiger partial charge in [0.15, 0.2) is 0 Å². The molecule has 3 aromatic rings. The van der Waals surface area contributed by atoms with Crippen LogP contribution in [0.3, 0.4) is 0 Å². The molecule has 71 valence electrons. The molecular formula is C13H9N2. The van der Waals surface area contributed by atoms with Crippen molar-refractivity contribution >= 4 is 10.9 Å². The van der Waals surface area contributed by atoms with Gasteiger partial charge in [0.25, 0.3) is 0 Å². The summed E-state index contributed by atoms with van der Waals surface area (Å²) in [4.78, 5) is 0. The number of nitrogens with one attached hydrogen (secondary N) is 1. The van der Waals surface area contributed by atoms with Gasteiger partial charge in [0, 0.05) is 10.9 Å². The number of benzene rings is 2. The third-order valence-electron chi connectivity index (χ3n) is 2.49. The summed E-state index contributed by atoms with van der Waals surface area (Å²) in [6, 6.07) is 17.3.